The molecule has 3 rings (SSSR count). The molecular formula is C34H44O7. The van der Waals surface area contributed by atoms with Gasteiger partial charge in [0.15, 0.2) is 0 Å². The summed E-state index contributed by atoms with van der Waals surface area (Å²) in [5.74, 6) is 0.523. The summed E-state index contributed by atoms with van der Waals surface area (Å²) >= 11 is 0. The van der Waals surface area contributed by atoms with E-state index in [1.165, 1.54) is 6.42 Å². The average molecular weight is 565 g/mol. The predicted molar refractivity (Wildman–Crippen MR) is 158 cm³/mol. The quantitative estimate of drug-likeness (QED) is 0.0832. The van der Waals surface area contributed by atoms with Crippen molar-refractivity contribution in [3.05, 3.63) is 66.7 Å². The molecule has 2 aromatic carbocycles. The van der Waals surface area contributed by atoms with Crippen molar-refractivity contribution in [1.82, 2.24) is 0 Å². The molecule has 0 aliphatic heterocycles. The van der Waals surface area contributed by atoms with Crippen molar-refractivity contribution in [2.75, 3.05) is 13.2 Å². The fourth-order valence-electron chi connectivity index (χ4n) is 5.12. The molecule has 1 fully saturated rings. The summed E-state index contributed by atoms with van der Waals surface area (Å²) in [6, 6.07) is 13.5. The van der Waals surface area contributed by atoms with E-state index in [4.69, 9.17) is 18.9 Å². The number of rotatable bonds is 17. The molecule has 0 heterocycles. The first-order valence-electron chi connectivity index (χ1n) is 15.0. The number of esters is 3. The highest BCUT2D eigenvalue weighted by Crippen LogP contribution is 2.42. The normalized spacial score (nSPS) is 14.1. The molecule has 0 saturated heterocycles. The van der Waals surface area contributed by atoms with Gasteiger partial charge in [0.1, 0.15) is 17.2 Å². The van der Waals surface area contributed by atoms with Gasteiger partial charge in [-0.05, 0) is 93.5 Å². The Morgan fingerprint density at radius 2 is 1.37 bits per heavy atom. The molecule has 0 N–H and O–H groups in total. The third-order valence-corrected chi connectivity index (χ3v) is 7.56. The van der Waals surface area contributed by atoms with Crippen LogP contribution < -0.4 is 14.2 Å². The lowest BCUT2D eigenvalue weighted by atomic mass is 9.71. The second kappa shape index (κ2) is 17.3. The Kier molecular flexibility index (Phi) is 13.4. The van der Waals surface area contributed by atoms with E-state index in [9.17, 15) is 14.4 Å². The molecule has 0 atom stereocenters. The minimum absolute atomic E-state index is 0.133. The van der Waals surface area contributed by atoms with E-state index in [1.54, 1.807) is 48.5 Å². The second-order valence-corrected chi connectivity index (χ2v) is 10.7. The van der Waals surface area contributed by atoms with Crippen LogP contribution in [0.2, 0.25) is 0 Å². The highest BCUT2D eigenvalue weighted by atomic mass is 16.5. The van der Waals surface area contributed by atoms with Gasteiger partial charge in [-0.1, -0.05) is 52.0 Å². The average Bonchev–Trinajstić information content (AvgIpc) is 3.00. The van der Waals surface area contributed by atoms with Crippen molar-refractivity contribution in [3.63, 3.8) is 0 Å². The Morgan fingerprint density at radius 1 is 0.756 bits per heavy atom. The maximum Gasteiger partial charge on any atom is 0.343 e. The van der Waals surface area contributed by atoms with Crippen molar-refractivity contribution in [1.29, 1.82) is 0 Å². The number of carbonyl (C=O) groups excluding carboxylic acids is 3. The number of unbranched alkanes of at least 4 members (excludes halogenated alkanes) is 5. The fourth-order valence-corrected chi connectivity index (χ4v) is 5.12. The van der Waals surface area contributed by atoms with Gasteiger partial charge in [-0.25, -0.2) is 9.59 Å². The summed E-state index contributed by atoms with van der Waals surface area (Å²) in [7, 11) is 0. The van der Waals surface area contributed by atoms with E-state index in [0.717, 1.165) is 83.1 Å². The lowest BCUT2D eigenvalue weighted by molar-refractivity contribution is -0.148. The van der Waals surface area contributed by atoms with E-state index < -0.39 is 11.9 Å². The molecule has 41 heavy (non-hydrogen) atoms. The molecule has 1 saturated carbocycles. The monoisotopic (exact) mass is 564 g/mol. The maximum absolute atomic E-state index is 13.2. The van der Waals surface area contributed by atoms with Crippen molar-refractivity contribution < 1.29 is 33.3 Å². The molecule has 2 aromatic rings. The van der Waals surface area contributed by atoms with Crippen LogP contribution in [0.3, 0.4) is 0 Å². The van der Waals surface area contributed by atoms with Crippen LogP contribution in [-0.4, -0.2) is 31.1 Å². The van der Waals surface area contributed by atoms with Gasteiger partial charge in [0.25, 0.3) is 0 Å². The van der Waals surface area contributed by atoms with Crippen LogP contribution in [-0.2, 0) is 14.3 Å². The molecule has 7 nitrogen and oxygen atoms in total. The van der Waals surface area contributed by atoms with E-state index >= 15 is 0 Å². The first-order valence-corrected chi connectivity index (χ1v) is 15.0. The molecular weight excluding hydrogens is 520 g/mol. The number of carbonyl (C=O) groups is 3. The summed E-state index contributed by atoms with van der Waals surface area (Å²) in [5.41, 5.74) is 0.0332. The van der Waals surface area contributed by atoms with E-state index in [-0.39, 0.29) is 11.4 Å². The van der Waals surface area contributed by atoms with Gasteiger partial charge in [-0.3, -0.25) is 4.79 Å². The molecule has 1 aliphatic rings. The smallest absolute Gasteiger partial charge is 0.343 e. The van der Waals surface area contributed by atoms with Gasteiger partial charge >= 0.3 is 17.9 Å². The van der Waals surface area contributed by atoms with Gasteiger partial charge in [0, 0.05) is 6.08 Å². The van der Waals surface area contributed by atoms with Crippen LogP contribution >= 0.6 is 0 Å². The SMILES string of the molecule is C=CC(=O)OCCCCCCOc1ccc(C(=O)Oc2ccc(OC(=O)C3(CCCCC)CCCCC3)cc2)cc1. The highest BCUT2D eigenvalue weighted by Gasteiger charge is 2.40. The number of ether oxygens (including phenoxy) is 4. The number of benzene rings is 2. The molecule has 0 radical (unpaired) electrons. The second-order valence-electron chi connectivity index (χ2n) is 10.7. The van der Waals surface area contributed by atoms with Crippen LogP contribution in [0.1, 0.15) is 101 Å². The van der Waals surface area contributed by atoms with Crippen molar-refractivity contribution in [2.45, 2.75) is 90.4 Å². The number of hydrogen-bond donors (Lipinski definition) is 0. The van der Waals surface area contributed by atoms with Crippen LogP contribution in [0.25, 0.3) is 0 Å². The maximum atomic E-state index is 13.2. The van der Waals surface area contributed by atoms with Gasteiger partial charge in [0.2, 0.25) is 0 Å². The summed E-state index contributed by atoms with van der Waals surface area (Å²) in [6.45, 7) is 6.50. The zero-order valence-electron chi connectivity index (χ0n) is 24.4. The molecule has 7 heteroatoms. The van der Waals surface area contributed by atoms with Crippen molar-refractivity contribution >= 4 is 17.9 Å². The Hall–Kier alpha value is -3.61. The third-order valence-electron chi connectivity index (χ3n) is 7.56. The standard InChI is InChI=1S/C34H44O7/c1-3-5-9-22-34(23-10-8-11-24-34)33(37)41-30-20-18-29(19-21-30)40-32(36)27-14-16-28(17-15-27)38-25-12-6-7-13-26-39-31(35)4-2/h4,14-21H,2-3,5-13,22-26H2,1H3. The van der Waals surface area contributed by atoms with Gasteiger partial charge in [-0.2, -0.15) is 0 Å². The van der Waals surface area contributed by atoms with Crippen molar-refractivity contribution in [2.24, 2.45) is 5.41 Å². The molecule has 0 amide bonds. The van der Waals surface area contributed by atoms with Gasteiger partial charge in [0.05, 0.1) is 24.2 Å². The van der Waals surface area contributed by atoms with Crippen LogP contribution in [0, 0.1) is 5.41 Å². The summed E-state index contributed by atoms with van der Waals surface area (Å²) in [6.07, 6.45) is 14.1. The Balaban J connectivity index is 1.41. The molecule has 222 valence electrons. The summed E-state index contributed by atoms with van der Waals surface area (Å²) in [5, 5.41) is 0. The lowest BCUT2D eigenvalue weighted by Crippen LogP contribution is -2.37. The minimum Gasteiger partial charge on any atom is -0.494 e. The third kappa shape index (κ3) is 10.7. The predicted octanol–water partition coefficient (Wildman–Crippen LogP) is 8.01. The molecule has 0 bridgehead atoms. The minimum atomic E-state index is -0.476. The van der Waals surface area contributed by atoms with Gasteiger partial charge < -0.3 is 18.9 Å². The Bertz CT molecular complexity index is 1100. The largest absolute Gasteiger partial charge is 0.494 e. The Labute approximate surface area is 244 Å². The lowest BCUT2D eigenvalue weighted by Gasteiger charge is -2.35. The van der Waals surface area contributed by atoms with Crippen LogP contribution in [0.4, 0.5) is 0 Å². The molecule has 0 unspecified atom stereocenters. The first kappa shape index (κ1) is 31.9. The summed E-state index contributed by atoms with van der Waals surface area (Å²) < 4.78 is 22.0. The molecule has 0 spiro atoms. The van der Waals surface area contributed by atoms with E-state index in [0.29, 0.717) is 36.0 Å². The zero-order valence-corrected chi connectivity index (χ0v) is 24.4. The van der Waals surface area contributed by atoms with E-state index in [1.807, 2.05) is 0 Å². The van der Waals surface area contributed by atoms with Crippen LogP contribution in [0.5, 0.6) is 17.2 Å². The molecule has 1 aliphatic carbocycles. The first-order chi connectivity index (χ1) is 20.0. The zero-order chi connectivity index (χ0) is 29.3. The number of hydrogen-bond acceptors (Lipinski definition) is 7. The topological polar surface area (TPSA) is 88.1 Å². The van der Waals surface area contributed by atoms with Crippen LogP contribution in [0.15, 0.2) is 61.2 Å². The Morgan fingerprint density at radius 3 is 2.00 bits per heavy atom. The highest BCUT2D eigenvalue weighted by molar-refractivity contribution is 5.91. The van der Waals surface area contributed by atoms with Crippen molar-refractivity contribution in [3.8, 4) is 17.2 Å². The van der Waals surface area contributed by atoms with Gasteiger partial charge in [-0.15, -0.1) is 0 Å². The molecule has 0 aromatic heterocycles. The fraction of sp³-hybridized carbons (Fsp3) is 0.500. The summed E-state index contributed by atoms with van der Waals surface area (Å²) in [4.78, 5) is 36.8. The van der Waals surface area contributed by atoms with E-state index in [2.05, 4.69) is 13.5 Å².